The van der Waals surface area contributed by atoms with Crippen LogP contribution in [0, 0.1) is 25.2 Å². The highest BCUT2D eigenvalue weighted by Gasteiger charge is 2.28. The lowest BCUT2D eigenvalue weighted by molar-refractivity contribution is 0.135. The molecule has 0 aliphatic carbocycles. The number of hydrogen-bond acceptors (Lipinski definition) is 8. The van der Waals surface area contributed by atoms with E-state index in [1.807, 2.05) is 39.1 Å². The molecule has 1 N–H and O–H groups in total. The minimum Gasteiger partial charge on any atom is -0.481 e. The standard InChI is InChI=1S/C23H28N8O/c1-15-19(23(32-4)30(3)29-15)14-31-10-6-5-7-21(31)20-11-22(27-16(2)26-20)28-18-9-8-17(12-24)25-13-18/h8-9,11,13,21H,5-7,10,14H2,1-4H3,(H,26,27,28). The molecule has 0 aromatic carbocycles. The summed E-state index contributed by atoms with van der Waals surface area (Å²) >= 11 is 0. The van der Waals surface area contributed by atoms with Gasteiger partial charge in [-0.2, -0.15) is 10.4 Å². The number of nitrogens with zero attached hydrogens (tertiary/aromatic N) is 7. The number of nitrogens with one attached hydrogen (secondary N) is 1. The first-order valence-electron chi connectivity index (χ1n) is 10.8. The molecule has 0 spiro atoms. The predicted molar refractivity (Wildman–Crippen MR) is 121 cm³/mol. The summed E-state index contributed by atoms with van der Waals surface area (Å²) in [5, 5.41) is 16.8. The van der Waals surface area contributed by atoms with Crippen LogP contribution in [0.4, 0.5) is 11.5 Å². The van der Waals surface area contributed by atoms with Crippen LogP contribution in [-0.2, 0) is 13.6 Å². The zero-order valence-corrected chi connectivity index (χ0v) is 19.0. The van der Waals surface area contributed by atoms with Gasteiger partial charge in [-0.3, -0.25) is 4.90 Å². The third-order valence-electron chi connectivity index (χ3n) is 5.81. The van der Waals surface area contributed by atoms with Crippen LogP contribution >= 0.6 is 0 Å². The van der Waals surface area contributed by atoms with Crippen molar-refractivity contribution < 1.29 is 4.74 Å². The molecule has 3 aromatic heterocycles. The number of nitriles is 1. The molecule has 166 valence electrons. The number of likely N-dealkylation sites (tertiary alicyclic amines) is 1. The fourth-order valence-corrected chi connectivity index (χ4v) is 4.34. The van der Waals surface area contributed by atoms with Gasteiger partial charge in [0.1, 0.15) is 23.4 Å². The summed E-state index contributed by atoms with van der Waals surface area (Å²) in [5.41, 5.74) is 4.28. The van der Waals surface area contributed by atoms with Crippen LogP contribution < -0.4 is 10.1 Å². The lowest BCUT2D eigenvalue weighted by Crippen LogP contribution is -2.34. The van der Waals surface area contributed by atoms with Gasteiger partial charge in [0.05, 0.1) is 42.0 Å². The van der Waals surface area contributed by atoms with E-state index in [0.29, 0.717) is 11.5 Å². The lowest BCUT2D eigenvalue weighted by atomic mass is 9.98. The molecular weight excluding hydrogens is 404 g/mol. The van der Waals surface area contributed by atoms with E-state index >= 15 is 0 Å². The van der Waals surface area contributed by atoms with Crippen molar-refractivity contribution in [3.63, 3.8) is 0 Å². The average molecular weight is 433 g/mol. The topological polar surface area (TPSA) is 105 Å². The molecule has 0 bridgehead atoms. The Bertz CT molecular complexity index is 1130. The van der Waals surface area contributed by atoms with Crippen LogP contribution in [0.25, 0.3) is 0 Å². The van der Waals surface area contributed by atoms with Crippen LogP contribution in [0.3, 0.4) is 0 Å². The highest BCUT2D eigenvalue weighted by atomic mass is 16.5. The Hall–Kier alpha value is -3.51. The Labute approximate surface area is 188 Å². The number of hydrogen-bond donors (Lipinski definition) is 1. The van der Waals surface area contributed by atoms with Crippen LogP contribution in [0.15, 0.2) is 24.4 Å². The van der Waals surface area contributed by atoms with Gasteiger partial charge in [0.2, 0.25) is 5.88 Å². The summed E-state index contributed by atoms with van der Waals surface area (Å²) in [5.74, 6) is 2.24. The first-order chi connectivity index (χ1) is 15.5. The van der Waals surface area contributed by atoms with Gasteiger partial charge in [0.25, 0.3) is 0 Å². The molecule has 1 unspecified atom stereocenters. The normalized spacial score (nSPS) is 16.5. The van der Waals surface area contributed by atoms with Crippen molar-refractivity contribution in [3.8, 4) is 11.9 Å². The molecule has 3 aromatic rings. The van der Waals surface area contributed by atoms with Crippen molar-refractivity contribution in [1.29, 1.82) is 5.26 Å². The highest BCUT2D eigenvalue weighted by molar-refractivity contribution is 5.55. The van der Waals surface area contributed by atoms with E-state index in [0.717, 1.165) is 66.7 Å². The second-order valence-corrected chi connectivity index (χ2v) is 8.07. The molecule has 1 atom stereocenters. The van der Waals surface area contributed by atoms with Crippen LogP contribution in [0.2, 0.25) is 0 Å². The van der Waals surface area contributed by atoms with Crippen molar-refractivity contribution >= 4 is 11.5 Å². The van der Waals surface area contributed by atoms with Crippen molar-refractivity contribution in [2.75, 3.05) is 19.0 Å². The summed E-state index contributed by atoms with van der Waals surface area (Å²) in [6.45, 7) is 5.69. The Morgan fingerprint density at radius 1 is 1.25 bits per heavy atom. The summed E-state index contributed by atoms with van der Waals surface area (Å²) in [6, 6.07) is 7.75. The van der Waals surface area contributed by atoms with Crippen molar-refractivity contribution in [1.82, 2.24) is 29.6 Å². The molecule has 0 amide bonds. The molecule has 0 saturated carbocycles. The van der Waals surface area contributed by atoms with E-state index in [1.54, 1.807) is 24.1 Å². The third-order valence-corrected chi connectivity index (χ3v) is 5.81. The molecule has 9 heteroatoms. The average Bonchev–Trinajstić information content (AvgIpc) is 3.06. The fraction of sp³-hybridized carbons (Fsp3) is 0.435. The van der Waals surface area contributed by atoms with Gasteiger partial charge >= 0.3 is 0 Å². The van der Waals surface area contributed by atoms with Crippen molar-refractivity contribution in [2.24, 2.45) is 7.05 Å². The second kappa shape index (κ2) is 9.32. The van der Waals surface area contributed by atoms with Gasteiger partial charge in [0, 0.05) is 19.7 Å². The SMILES string of the molecule is COc1c(CN2CCCCC2c2cc(Nc3ccc(C#N)nc3)nc(C)n2)c(C)nn1C. The maximum Gasteiger partial charge on any atom is 0.216 e. The Morgan fingerprint density at radius 3 is 2.81 bits per heavy atom. The molecule has 1 aliphatic heterocycles. The number of pyridine rings is 1. The molecule has 4 rings (SSSR count). The highest BCUT2D eigenvalue weighted by Crippen LogP contribution is 2.34. The summed E-state index contributed by atoms with van der Waals surface area (Å²) in [4.78, 5) is 15.9. The summed E-state index contributed by atoms with van der Waals surface area (Å²) in [6.07, 6.45) is 5.00. The quantitative estimate of drug-likeness (QED) is 0.630. The van der Waals surface area contributed by atoms with Crippen LogP contribution in [0.5, 0.6) is 5.88 Å². The van der Waals surface area contributed by atoms with E-state index in [9.17, 15) is 0 Å². The molecule has 1 saturated heterocycles. The number of rotatable bonds is 6. The Morgan fingerprint density at radius 2 is 2.09 bits per heavy atom. The number of methoxy groups -OCH3 is 1. The van der Waals surface area contributed by atoms with Gasteiger partial charge < -0.3 is 10.1 Å². The smallest absolute Gasteiger partial charge is 0.216 e. The molecule has 0 radical (unpaired) electrons. The van der Waals surface area contributed by atoms with E-state index < -0.39 is 0 Å². The van der Waals surface area contributed by atoms with E-state index in [2.05, 4.69) is 25.3 Å². The number of anilines is 2. The summed E-state index contributed by atoms with van der Waals surface area (Å²) in [7, 11) is 3.60. The molecule has 1 aliphatic rings. The van der Waals surface area contributed by atoms with Gasteiger partial charge in [-0.1, -0.05) is 6.42 Å². The van der Waals surface area contributed by atoms with Crippen molar-refractivity contribution in [2.45, 2.75) is 45.7 Å². The fourth-order valence-electron chi connectivity index (χ4n) is 4.34. The third kappa shape index (κ3) is 4.55. The first-order valence-corrected chi connectivity index (χ1v) is 10.8. The van der Waals surface area contributed by atoms with E-state index in [4.69, 9.17) is 15.0 Å². The number of piperidine rings is 1. The largest absolute Gasteiger partial charge is 0.481 e. The minimum absolute atomic E-state index is 0.189. The second-order valence-electron chi connectivity index (χ2n) is 8.07. The van der Waals surface area contributed by atoms with Gasteiger partial charge in [0.15, 0.2) is 0 Å². The molecule has 4 heterocycles. The molecule has 1 fully saturated rings. The molecule has 32 heavy (non-hydrogen) atoms. The minimum atomic E-state index is 0.189. The molecule has 9 nitrogen and oxygen atoms in total. The van der Waals surface area contributed by atoms with Crippen LogP contribution in [0.1, 0.15) is 53.8 Å². The van der Waals surface area contributed by atoms with E-state index in [1.165, 1.54) is 0 Å². The van der Waals surface area contributed by atoms with Gasteiger partial charge in [-0.15, -0.1) is 0 Å². The van der Waals surface area contributed by atoms with Crippen LogP contribution in [-0.4, -0.2) is 43.3 Å². The lowest BCUT2D eigenvalue weighted by Gasteiger charge is -2.35. The Kier molecular flexibility index (Phi) is 6.32. The van der Waals surface area contributed by atoms with E-state index in [-0.39, 0.29) is 6.04 Å². The maximum absolute atomic E-state index is 8.95. The van der Waals surface area contributed by atoms with Crippen molar-refractivity contribution in [3.05, 3.63) is 52.9 Å². The predicted octanol–water partition coefficient (Wildman–Crippen LogP) is 3.57. The number of aromatic nitrogens is 5. The summed E-state index contributed by atoms with van der Waals surface area (Å²) < 4.78 is 7.41. The maximum atomic E-state index is 8.95. The monoisotopic (exact) mass is 432 g/mol. The molecular formula is C23H28N8O. The number of aryl methyl sites for hydroxylation is 3. The number of ether oxygens (including phenoxy) is 1. The van der Waals surface area contributed by atoms with Gasteiger partial charge in [-0.05, 0) is 45.4 Å². The zero-order chi connectivity index (χ0) is 22.7. The first kappa shape index (κ1) is 21.7. The zero-order valence-electron chi connectivity index (χ0n) is 19.0. The van der Waals surface area contributed by atoms with Gasteiger partial charge in [-0.25, -0.2) is 19.6 Å². The Balaban J connectivity index is 1.60.